The van der Waals surface area contributed by atoms with Crippen LogP contribution in [0.15, 0.2) is 53.3 Å². The van der Waals surface area contributed by atoms with Crippen LogP contribution in [-0.2, 0) is 17.8 Å². The van der Waals surface area contributed by atoms with Gasteiger partial charge in [-0.25, -0.2) is 0 Å². The van der Waals surface area contributed by atoms with Crippen LogP contribution in [0.5, 0.6) is 11.5 Å². The zero-order chi connectivity index (χ0) is 24.6. The number of nitrogens with zero attached hydrogens (tertiary/aromatic N) is 4. The summed E-state index contributed by atoms with van der Waals surface area (Å²) in [6.07, 6.45) is 0.495. The quantitative estimate of drug-likeness (QED) is 0.505. The van der Waals surface area contributed by atoms with E-state index in [0.29, 0.717) is 25.5 Å². The summed E-state index contributed by atoms with van der Waals surface area (Å²) in [7, 11) is 1.66. The Morgan fingerprint density at radius 3 is 2.29 bits per heavy atom. The van der Waals surface area contributed by atoms with Gasteiger partial charge in [0, 0.05) is 51.1 Å². The van der Waals surface area contributed by atoms with Crippen LogP contribution in [-0.4, -0.2) is 70.8 Å². The van der Waals surface area contributed by atoms with Crippen molar-refractivity contribution in [2.45, 2.75) is 26.3 Å². The lowest BCUT2D eigenvalue weighted by molar-refractivity contribution is -0.133. The van der Waals surface area contributed by atoms with Crippen molar-refractivity contribution < 1.29 is 14.3 Å². The SMILES string of the molecule is CCOc1ccc(-c2nnc(CCC(=O)N3CCN(Cc4ccc(OC)cc4)CC3)c(=O)[nH]2)cc1. The van der Waals surface area contributed by atoms with Gasteiger partial charge in [0.1, 0.15) is 17.2 Å². The van der Waals surface area contributed by atoms with Crippen molar-refractivity contribution in [3.05, 3.63) is 70.1 Å². The first-order chi connectivity index (χ1) is 17.1. The van der Waals surface area contributed by atoms with Crippen LogP contribution >= 0.6 is 0 Å². The van der Waals surface area contributed by atoms with Crippen LogP contribution in [0, 0.1) is 0 Å². The number of carbonyl (C=O) groups excluding carboxylic acids is 1. The van der Waals surface area contributed by atoms with Gasteiger partial charge < -0.3 is 19.4 Å². The first kappa shape index (κ1) is 24.4. The molecule has 184 valence electrons. The third kappa shape index (κ3) is 6.45. The minimum atomic E-state index is -0.319. The highest BCUT2D eigenvalue weighted by molar-refractivity contribution is 5.76. The molecule has 0 aliphatic carbocycles. The molecular weight excluding hydrogens is 446 g/mol. The van der Waals surface area contributed by atoms with Crippen molar-refractivity contribution >= 4 is 5.91 Å². The number of nitrogens with one attached hydrogen (secondary N) is 1. The third-order valence-electron chi connectivity index (χ3n) is 6.07. The van der Waals surface area contributed by atoms with E-state index in [9.17, 15) is 9.59 Å². The molecule has 1 fully saturated rings. The van der Waals surface area contributed by atoms with Crippen molar-refractivity contribution in [3.63, 3.8) is 0 Å². The van der Waals surface area contributed by atoms with E-state index in [4.69, 9.17) is 9.47 Å². The molecule has 35 heavy (non-hydrogen) atoms. The lowest BCUT2D eigenvalue weighted by Crippen LogP contribution is -2.48. The molecule has 0 saturated carbocycles. The number of aryl methyl sites for hydroxylation is 1. The fourth-order valence-electron chi connectivity index (χ4n) is 4.06. The van der Waals surface area contributed by atoms with E-state index < -0.39 is 0 Å². The van der Waals surface area contributed by atoms with Gasteiger partial charge in [-0.3, -0.25) is 14.5 Å². The number of amides is 1. The van der Waals surface area contributed by atoms with Crippen molar-refractivity contribution in [3.8, 4) is 22.9 Å². The fourth-order valence-corrected chi connectivity index (χ4v) is 4.06. The summed E-state index contributed by atoms with van der Waals surface area (Å²) in [6, 6.07) is 15.3. The smallest absolute Gasteiger partial charge is 0.273 e. The van der Waals surface area contributed by atoms with Crippen molar-refractivity contribution in [2.24, 2.45) is 0 Å². The van der Waals surface area contributed by atoms with Gasteiger partial charge in [0.2, 0.25) is 5.91 Å². The minimum Gasteiger partial charge on any atom is -0.497 e. The van der Waals surface area contributed by atoms with E-state index in [1.54, 1.807) is 7.11 Å². The molecule has 0 unspecified atom stereocenters. The fraction of sp³-hybridized carbons (Fsp3) is 0.385. The molecule has 4 rings (SSSR count). The molecule has 1 saturated heterocycles. The molecule has 1 aromatic heterocycles. The molecule has 1 aliphatic heterocycles. The van der Waals surface area contributed by atoms with Gasteiger partial charge in [-0.15, -0.1) is 10.2 Å². The summed E-state index contributed by atoms with van der Waals surface area (Å²) in [5.41, 5.74) is 1.91. The molecule has 0 bridgehead atoms. The topological polar surface area (TPSA) is 101 Å². The molecule has 2 aromatic carbocycles. The van der Waals surface area contributed by atoms with Gasteiger partial charge in [-0.2, -0.15) is 0 Å². The second-order valence-electron chi connectivity index (χ2n) is 8.41. The molecule has 0 spiro atoms. The lowest BCUT2D eigenvalue weighted by atomic mass is 10.1. The number of carbonyl (C=O) groups is 1. The van der Waals surface area contributed by atoms with Gasteiger partial charge in [0.15, 0.2) is 5.82 Å². The summed E-state index contributed by atoms with van der Waals surface area (Å²) >= 11 is 0. The first-order valence-electron chi connectivity index (χ1n) is 11.9. The Balaban J connectivity index is 1.25. The number of piperazine rings is 1. The molecule has 9 nitrogen and oxygen atoms in total. The zero-order valence-corrected chi connectivity index (χ0v) is 20.2. The predicted molar refractivity (Wildman–Crippen MR) is 132 cm³/mol. The van der Waals surface area contributed by atoms with E-state index in [0.717, 1.165) is 36.7 Å². The average Bonchev–Trinajstić information content (AvgIpc) is 2.89. The van der Waals surface area contributed by atoms with Crippen LogP contribution in [0.2, 0.25) is 0 Å². The van der Waals surface area contributed by atoms with E-state index in [1.807, 2.05) is 48.2 Å². The number of hydrogen-bond donors (Lipinski definition) is 1. The molecule has 0 atom stereocenters. The molecular formula is C26H31N5O4. The van der Waals surface area contributed by atoms with Crippen molar-refractivity contribution in [1.82, 2.24) is 25.0 Å². The number of ether oxygens (including phenoxy) is 2. The van der Waals surface area contributed by atoms with Gasteiger partial charge in [0.05, 0.1) is 13.7 Å². The summed E-state index contributed by atoms with van der Waals surface area (Å²) in [5.74, 6) is 2.02. The Morgan fingerprint density at radius 1 is 0.971 bits per heavy atom. The van der Waals surface area contributed by atoms with E-state index >= 15 is 0 Å². The Bertz CT molecular complexity index is 1170. The molecule has 1 aliphatic rings. The average molecular weight is 478 g/mol. The maximum absolute atomic E-state index is 12.7. The Morgan fingerprint density at radius 2 is 1.66 bits per heavy atom. The van der Waals surface area contributed by atoms with Crippen molar-refractivity contribution in [2.75, 3.05) is 39.9 Å². The largest absolute Gasteiger partial charge is 0.497 e. The van der Waals surface area contributed by atoms with Crippen LogP contribution < -0.4 is 15.0 Å². The highest BCUT2D eigenvalue weighted by atomic mass is 16.5. The second-order valence-corrected chi connectivity index (χ2v) is 8.41. The Hall–Kier alpha value is -3.72. The first-order valence-corrected chi connectivity index (χ1v) is 11.9. The summed E-state index contributed by atoms with van der Waals surface area (Å²) in [6.45, 7) is 6.33. The molecule has 2 heterocycles. The minimum absolute atomic E-state index is 0.0332. The van der Waals surface area contributed by atoms with Gasteiger partial charge >= 0.3 is 0 Å². The van der Waals surface area contributed by atoms with Crippen molar-refractivity contribution in [1.29, 1.82) is 0 Å². The highest BCUT2D eigenvalue weighted by Crippen LogP contribution is 2.18. The summed E-state index contributed by atoms with van der Waals surface area (Å²) in [4.78, 5) is 32.2. The molecule has 1 N–H and O–H groups in total. The van der Waals surface area contributed by atoms with E-state index in [-0.39, 0.29) is 30.0 Å². The zero-order valence-electron chi connectivity index (χ0n) is 20.2. The van der Waals surface area contributed by atoms with Gasteiger partial charge in [-0.1, -0.05) is 12.1 Å². The maximum atomic E-state index is 12.7. The third-order valence-corrected chi connectivity index (χ3v) is 6.07. The maximum Gasteiger partial charge on any atom is 0.273 e. The van der Waals surface area contributed by atoms with E-state index in [2.05, 4.69) is 32.2 Å². The number of hydrogen-bond acceptors (Lipinski definition) is 7. The number of aromatic amines is 1. The highest BCUT2D eigenvalue weighted by Gasteiger charge is 2.21. The molecule has 0 radical (unpaired) electrons. The lowest BCUT2D eigenvalue weighted by Gasteiger charge is -2.34. The number of H-pyrrole nitrogens is 1. The summed E-state index contributed by atoms with van der Waals surface area (Å²) in [5, 5.41) is 8.24. The monoisotopic (exact) mass is 477 g/mol. The van der Waals surface area contributed by atoms with E-state index in [1.165, 1.54) is 5.56 Å². The molecule has 1 amide bonds. The predicted octanol–water partition coefficient (Wildman–Crippen LogP) is 2.52. The van der Waals surface area contributed by atoms with Crippen LogP contribution in [0.1, 0.15) is 24.6 Å². The number of methoxy groups -OCH3 is 1. The summed E-state index contributed by atoms with van der Waals surface area (Å²) < 4.78 is 10.6. The molecule has 9 heteroatoms. The van der Waals surface area contributed by atoms with Crippen LogP contribution in [0.3, 0.4) is 0 Å². The second kappa shape index (κ2) is 11.6. The van der Waals surface area contributed by atoms with Gasteiger partial charge in [-0.05, 0) is 48.9 Å². The standard InChI is InChI=1S/C26H31N5O4/c1-3-35-22-10-6-20(7-11-22)25-27-26(33)23(28-29-25)12-13-24(32)31-16-14-30(15-17-31)18-19-4-8-21(34-2)9-5-19/h4-11H,3,12-18H2,1-2H3,(H,27,29,33). The number of rotatable bonds is 9. The normalized spacial score (nSPS) is 14.1. The number of benzene rings is 2. The molecule has 3 aromatic rings. The Kier molecular flexibility index (Phi) is 8.10. The number of aromatic nitrogens is 3. The van der Waals surface area contributed by atoms with Gasteiger partial charge in [0.25, 0.3) is 5.56 Å². The Labute approximate surface area is 204 Å². The van der Waals surface area contributed by atoms with Crippen LogP contribution in [0.25, 0.3) is 11.4 Å². The van der Waals surface area contributed by atoms with Crippen LogP contribution in [0.4, 0.5) is 0 Å².